The molecular formula is C25H30N2O6. The highest BCUT2D eigenvalue weighted by molar-refractivity contribution is 5.92. The van der Waals surface area contributed by atoms with Crippen LogP contribution in [0.25, 0.3) is 0 Å². The van der Waals surface area contributed by atoms with Crippen LogP contribution >= 0.6 is 0 Å². The summed E-state index contributed by atoms with van der Waals surface area (Å²) in [4.78, 5) is 24.4. The number of aliphatic hydroxyl groups excluding tert-OH is 1. The molecule has 8 nitrogen and oxygen atoms in total. The second kappa shape index (κ2) is 10.8. The Morgan fingerprint density at radius 1 is 1.15 bits per heavy atom. The molecule has 8 heteroatoms. The predicted molar refractivity (Wildman–Crippen MR) is 122 cm³/mol. The number of carbonyl (C=O) groups excluding carboxylic acids is 2. The van der Waals surface area contributed by atoms with Gasteiger partial charge in [0.2, 0.25) is 11.8 Å². The topological polar surface area (TPSA) is 106 Å². The molecule has 1 fully saturated rings. The van der Waals surface area contributed by atoms with E-state index in [4.69, 9.17) is 14.2 Å². The number of fused-ring (bicyclic) bond motifs is 3. The molecule has 0 aliphatic carbocycles. The molecule has 33 heavy (non-hydrogen) atoms. The second-order valence-electron chi connectivity index (χ2n) is 8.43. The quantitative estimate of drug-likeness (QED) is 0.535. The lowest BCUT2D eigenvalue weighted by Gasteiger charge is -2.37. The first-order valence-electron chi connectivity index (χ1n) is 11.2. The Bertz CT molecular complexity index is 967. The summed E-state index contributed by atoms with van der Waals surface area (Å²) < 4.78 is 17.0. The van der Waals surface area contributed by atoms with Gasteiger partial charge in [0.15, 0.2) is 0 Å². The molecule has 2 aromatic carbocycles. The number of nitrogens with one attached hydrogen (secondary N) is 2. The molecule has 0 spiro atoms. The van der Waals surface area contributed by atoms with Crippen molar-refractivity contribution in [3.8, 4) is 5.75 Å². The zero-order valence-corrected chi connectivity index (χ0v) is 18.7. The summed E-state index contributed by atoms with van der Waals surface area (Å²) in [7, 11) is 1.47. The predicted octanol–water partition coefficient (Wildman–Crippen LogP) is 2.01. The highest BCUT2D eigenvalue weighted by atomic mass is 16.6. The van der Waals surface area contributed by atoms with Crippen molar-refractivity contribution >= 4 is 17.5 Å². The Morgan fingerprint density at radius 3 is 2.73 bits per heavy atom. The van der Waals surface area contributed by atoms with E-state index >= 15 is 0 Å². The molecule has 0 aromatic heterocycles. The van der Waals surface area contributed by atoms with Crippen molar-refractivity contribution in [2.24, 2.45) is 0 Å². The van der Waals surface area contributed by atoms with Crippen LogP contribution in [0.2, 0.25) is 0 Å². The molecule has 3 N–H and O–H groups in total. The number of rotatable bonds is 9. The highest BCUT2D eigenvalue weighted by Crippen LogP contribution is 2.47. The van der Waals surface area contributed by atoms with Crippen LogP contribution in [-0.4, -0.2) is 62.1 Å². The maximum atomic E-state index is 12.5. The summed E-state index contributed by atoms with van der Waals surface area (Å²) in [6, 6.07) is 15.5. The van der Waals surface area contributed by atoms with Crippen LogP contribution in [0.3, 0.4) is 0 Å². The summed E-state index contributed by atoms with van der Waals surface area (Å²) in [5.74, 6) is 0.362. The van der Waals surface area contributed by atoms with E-state index in [9.17, 15) is 14.7 Å². The molecule has 0 radical (unpaired) electrons. The highest BCUT2D eigenvalue weighted by Gasteiger charge is 2.46. The molecule has 2 aliphatic rings. The summed E-state index contributed by atoms with van der Waals surface area (Å²) >= 11 is 0. The number of anilines is 1. The summed E-state index contributed by atoms with van der Waals surface area (Å²) in [5, 5.41) is 15.7. The van der Waals surface area contributed by atoms with Crippen molar-refractivity contribution < 1.29 is 28.9 Å². The molecule has 4 atom stereocenters. The SMILES string of the molecule is COCC(=O)Nc1ccc2c(c1)[C@@H]1C[C@@H](CC(=O)NCCc3ccccc3)O[C@H](CO)[C@@H]1O2. The smallest absolute Gasteiger partial charge is 0.250 e. The molecule has 2 aliphatic heterocycles. The van der Waals surface area contributed by atoms with E-state index < -0.39 is 6.10 Å². The maximum absolute atomic E-state index is 12.5. The van der Waals surface area contributed by atoms with Gasteiger partial charge in [0, 0.05) is 30.8 Å². The average Bonchev–Trinajstić information content (AvgIpc) is 3.17. The van der Waals surface area contributed by atoms with Gasteiger partial charge in [-0.15, -0.1) is 0 Å². The molecule has 0 unspecified atom stereocenters. The van der Waals surface area contributed by atoms with Crippen molar-refractivity contribution in [1.82, 2.24) is 5.32 Å². The van der Waals surface area contributed by atoms with E-state index in [1.54, 1.807) is 6.07 Å². The zero-order valence-electron chi connectivity index (χ0n) is 18.7. The Labute approximate surface area is 193 Å². The van der Waals surface area contributed by atoms with Crippen LogP contribution in [0.5, 0.6) is 5.75 Å². The van der Waals surface area contributed by atoms with Gasteiger partial charge in [-0.3, -0.25) is 9.59 Å². The fourth-order valence-corrected chi connectivity index (χ4v) is 4.56. The molecule has 2 aromatic rings. The number of hydrogen-bond donors (Lipinski definition) is 3. The molecule has 2 amide bonds. The van der Waals surface area contributed by atoms with Gasteiger partial charge < -0.3 is 30.0 Å². The lowest BCUT2D eigenvalue weighted by molar-refractivity contribution is -0.142. The van der Waals surface area contributed by atoms with Crippen LogP contribution in [0.15, 0.2) is 48.5 Å². The first-order valence-corrected chi connectivity index (χ1v) is 11.2. The number of carbonyl (C=O) groups is 2. The Kier molecular flexibility index (Phi) is 7.59. The zero-order chi connectivity index (χ0) is 23.2. The Morgan fingerprint density at radius 2 is 1.97 bits per heavy atom. The van der Waals surface area contributed by atoms with Gasteiger partial charge in [-0.25, -0.2) is 0 Å². The Balaban J connectivity index is 1.38. The van der Waals surface area contributed by atoms with Crippen molar-refractivity contribution in [2.75, 3.05) is 32.2 Å². The third kappa shape index (κ3) is 5.71. The number of aliphatic hydroxyl groups is 1. The molecule has 176 valence electrons. The van der Waals surface area contributed by atoms with Crippen LogP contribution < -0.4 is 15.4 Å². The lowest BCUT2D eigenvalue weighted by Crippen LogP contribution is -2.47. The normalized spacial score (nSPS) is 23.2. The van der Waals surface area contributed by atoms with Gasteiger partial charge in [0.25, 0.3) is 0 Å². The number of benzene rings is 2. The monoisotopic (exact) mass is 454 g/mol. The number of hydrogen-bond acceptors (Lipinski definition) is 6. The molecule has 1 saturated heterocycles. The van der Waals surface area contributed by atoms with Crippen LogP contribution in [0, 0.1) is 0 Å². The van der Waals surface area contributed by atoms with Gasteiger partial charge >= 0.3 is 0 Å². The third-order valence-electron chi connectivity index (χ3n) is 6.05. The van der Waals surface area contributed by atoms with E-state index in [2.05, 4.69) is 10.6 Å². The van der Waals surface area contributed by atoms with Crippen LogP contribution in [0.4, 0.5) is 5.69 Å². The summed E-state index contributed by atoms with van der Waals surface area (Å²) in [5.41, 5.74) is 2.77. The summed E-state index contributed by atoms with van der Waals surface area (Å²) in [6.07, 6.45) is 0.392. The van der Waals surface area contributed by atoms with E-state index in [1.807, 2.05) is 42.5 Å². The fraction of sp³-hybridized carbons (Fsp3) is 0.440. The molecular weight excluding hydrogens is 424 g/mol. The van der Waals surface area contributed by atoms with Gasteiger partial charge in [-0.2, -0.15) is 0 Å². The first-order chi connectivity index (χ1) is 16.1. The second-order valence-corrected chi connectivity index (χ2v) is 8.43. The molecule has 2 heterocycles. The minimum Gasteiger partial charge on any atom is -0.487 e. The van der Waals surface area contributed by atoms with E-state index in [0.29, 0.717) is 24.4 Å². The van der Waals surface area contributed by atoms with E-state index in [0.717, 1.165) is 12.0 Å². The summed E-state index contributed by atoms with van der Waals surface area (Å²) in [6.45, 7) is 0.335. The largest absolute Gasteiger partial charge is 0.487 e. The van der Waals surface area contributed by atoms with Crippen LogP contribution in [0.1, 0.15) is 29.9 Å². The van der Waals surface area contributed by atoms with Crippen molar-refractivity contribution in [2.45, 2.75) is 43.5 Å². The van der Waals surface area contributed by atoms with Crippen molar-refractivity contribution in [3.05, 3.63) is 59.7 Å². The van der Waals surface area contributed by atoms with Gasteiger partial charge in [-0.1, -0.05) is 30.3 Å². The third-order valence-corrected chi connectivity index (χ3v) is 6.05. The van der Waals surface area contributed by atoms with Crippen molar-refractivity contribution in [1.29, 1.82) is 0 Å². The maximum Gasteiger partial charge on any atom is 0.250 e. The average molecular weight is 455 g/mol. The van der Waals surface area contributed by atoms with Gasteiger partial charge in [0.05, 0.1) is 19.1 Å². The number of amides is 2. The van der Waals surface area contributed by atoms with Crippen LogP contribution in [-0.2, 0) is 25.5 Å². The molecule has 0 bridgehead atoms. The van der Waals surface area contributed by atoms with E-state index in [-0.39, 0.29) is 49.6 Å². The van der Waals surface area contributed by atoms with Gasteiger partial charge in [0.1, 0.15) is 24.6 Å². The first kappa shape index (κ1) is 23.2. The fourth-order valence-electron chi connectivity index (χ4n) is 4.56. The Hall–Kier alpha value is -2.94. The van der Waals surface area contributed by atoms with Gasteiger partial charge in [-0.05, 0) is 36.6 Å². The number of methoxy groups -OCH3 is 1. The minimum absolute atomic E-state index is 0.0263. The number of ether oxygens (including phenoxy) is 3. The standard InChI is InChI=1S/C25H30N2O6/c1-31-15-24(30)27-17-7-8-21-19(11-17)20-12-18(32-22(14-28)25(20)33-21)13-23(29)26-10-9-16-5-3-2-4-6-16/h2-8,11,18,20,22,25,28H,9-10,12-15H2,1H3,(H,26,29)(H,27,30)/t18-,20-,22+,25+/m0/s1. The minimum atomic E-state index is -0.523. The van der Waals surface area contributed by atoms with Crippen molar-refractivity contribution in [3.63, 3.8) is 0 Å². The van der Waals surface area contributed by atoms with E-state index in [1.165, 1.54) is 12.7 Å². The lowest BCUT2D eigenvalue weighted by atomic mass is 9.84. The molecule has 0 saturated carbocycles. The molecule has 4 rings (SSSR count).